The van der Waals surface area contributed by atoms with Gasteiger partial charge in [-0.1, -0.05) is 50.5 Å². The molecule has 0 radical (unpaired) electrons. The Labute approximate surface area is 457 Å². The molecule has 3 N–H and O–H groups in total. The number of halogens is 3. The van der Waals surface area contributed by atoms with Crippen LogP contribution < -0.4 is 117 Å². The van der Waals surface area contributed by atoms with Crippen molar-refractivity contribution in [1.29, 1.82) is 0 Å². The molecule has 2 fully saturated rings. The Hall–Kier alpha value is -0.767. The van der Waals surface area contributed by atoms with Crippen LogP contribution in [-0.2, 0) is 29.7 Å². The molecule has 0 atom stereocenters. The number of hydrogen-bond acceptors (Lipinski definition) is 12. The molecular weight excluding hydrogens is 888 g/mol. The van der Waals surface area contributed by atoms with E-state index in [1.807, 2.05) is 25.7 Å². The van der Waals surface area contributed by atoms with Gasteiger partial charge in [0, 0.05) is 67.0 Å². The fraction of sp³-hybridized carbons (Fsp3) is 0.610. The Bertz CT molecular complexity index is 1460. The van der Waals surface area contributed by atoms with E-state index >= 15 is 0 Å². The van der Waals surface area contributed by atoms with Crippen molar-refractivity contribution in [3.63, 3.8) is 0 Å². The van der Waals surface area contributed by atoms with Crippen LogP contribution in [0.1, 0.15) is 72.8 Å². The second-order valence-corrected chi connectivity index (χ2v) is 13.2. The fourth-order valence-electron chi connectivity index (χ4n) is 5.29. The topological polar surface area (TPSA) is 180 Å². The summed E-state index contributed by atoms with van der Waals surface area (Å²) < 4.78 is 67.6. The minimum Gasteiger partial charge on any atom is -0.451 e. The van der Waals surface area contributed by atoms with E-state index in [0.717, 1.165) is 38.2 Å². The molecule has 1 aromatic carbocycles. The number of rotatable bonds is 15. The Morgan fingerprint density at radius 2 is 1.48 bits per heavy atom. The molecule has 0 unspecified atom stereocenters. The van der Waals surface area contributed by atoms with E-state index < -0.39 is 47.8 Å². The fourth-order valence-corrected chi connectivity index (χ4v) is 5.64. The quantitative estimate of drug-likeness (QED) is 0.0597. The number of nitrogens with one attached hydrogen (secondary N) is 1. The summed E-state index contributed by atoms with van der Waals surface area (Å²) >= 11 is 0. The molecule has 3 rings (SSSR count). The van der Waals surface area contributed by atoms with Crippen LogP contribution in [0.5, 0.6) is 5.75 Å². The Kier molecular flexibility index (Phi) is 51.8. The number of aliphatic hydroxyl groups excluding tert-OH is 2. The van der Waals surface area contributed by atoms with Crippen molar-refractivity contribution in [3.8, 4) is 5.75 Å². The normalized spacial score (nSPS) is 13.7. The molecule has 2 aliphatic rings. The number of hydrogen-bond donors (Lipinski definition) is 3. The van der Waals surface area contributed by atoms with Gasteiger partial charge in [0.25, 0.3) is 5.92 Å². The molecule has 0 aliphatic carbocycles. The molecule has 2 saturated heterocycles. The molecule has 3 amide bonds. The van der Waals surface area contributed by atoms with Crippen LogP contribution in [0.3, 0.4) is 0 Å². The van der Waals surface area contributed by atoms with E-state index in [4.69, 9.17) is 15.0 Å². The molecule has 0 spiro atoms. The maximum Gasteiger partial charge on any atom is 1.00 e. The summed E-state index contributed by atoms with van der Waals surface area (Å²) in [7, 11) is 2.16. The number of anilines is 1. The predicted molar refractivity (Wildman–Crippen MR) is 233 cm³/mol. The number of nitrogens with zero attached hydrogens (tertiary/aromatic N) is 5. The molecule has 0 aromatic heterocycles. The summed E-state index contributed by atoms with van der Waals surface area (Å²) in [4.78, 5) is 54.9. The van der Waals surface area contributed by atoms with Crippen molar-refractivity contribution in [3.05, 3.63) is 57.7 Å². The summed E-state index contributed by atoms with van der Waals surface area (Å²) in [5, 5.41) is 16.4. The molecule has 21 heteroatoms. The molecule has 62 heavy (non-hydrogen) atoms. The minimum atomic E-state index is -5.38. The molecular formula is C41H72F3K2N6O9S-3. The summed E-state index contributed by atoms with van der Waals surface area (Å²) in [6, 6.07) is 5.15. The van der Waals surface area contributed by atoms with Crippen LogP contribution in [-0.4, -0.2) is 161 Å². The number of likely N-dealkylation sites (tertiary alicyclic amines) is 1. The van der Waals surface area contributed by atoms with E-state index in [9.17, 15) is 35.5 Å². The van der Waals surface area contributed by atoms with Gasteiger partial charge in [-0.3, -0.25) is 26.3 Å². The van der Waals surface area contributed by atoms with Crippen molar-refractivity contribution in [2.24, 2.45) is 0 Å². The first kappa shape index (κ1) is 72.8. The van der Waals surface area contributed by atoms with Crippen molar-refractivity contribution in [2.75, 3.05) is 98.2 Å². The van der Waals surface area contributed by atoms with Crippen LogP contribution in [0.15, 0.2) is 18.2 Å². The second-order valence-electron chi connectivity index (χ2n) is 12.2. The number of allylic oxidation sites excluding steroid dienone is 1. The number of benzene rings is 1. The number of carbonyl (C=O) groups excluding carboxylic acids is 4. The van der Waals surface area contributed by atoms with E-state index in [-0.39, 0.29) is 144 Å². The van der Waals surface area contributed by atoms with E-state index in [1.54, 1.807) is 23.8 Å². The number of carbonyl (C=O) groups is 4. The van der Waals surface area contributed by atoms with Crippen LogP contribution in [0, 0.1) is 33.9 Å². The van der Waals surface area contributed by atoms with Gasteiger partial charge in [0.1, 0.15) is 0 Å². The molecule has 0 bridgehead atoms. The van der Waals surface area contributed by atoms with Crippen LogP contribution >= 0.6 is 0 Å². The predicted octanol–water partition coefficient (Wildman–Crippen LogP) is -1.72. The van der Waals surface area contributed by atoms with Crippen molar-refractivity contribution in [1.82, 2.24) is 24.9 Å². The van der Waals surface area contributed by atoms with Gasteiger partial charge in [-0.05, 0) is 37.9 Å². The average Bonchev–Trinajstić information content (AvgIpc) is 3.60. The van der Waals surface area contributed by atoms with Crippen LogP contribution in [0.2, 0.25) is 0 Å². The Morgan fingerprint density at radius 1 is 0.968 bits per heavy atom. The Balaban J connectivity index is -0.000000439. The standard InChI is InChI=1S/C30H42F3N6O6S.C3H8.C2H3O.C2H6.C2H5.2CH4O.2K/c1-5-11-35(3)21-28(41)38-17-15-37(16-18-38)13-7-12-36(4)25-19-23(8-9-26(25)45-46(33,43)44)24(6-2)29(42)34-20-27(40)39-14-10-30(31,32)22-39;1-3-2;1-2-3;4*1-2;;/h6,9,19H,2-3,5,7,10-18,20-22H2,1,4H3,(H,34,42);3H2,1-2H3;2H,1H2;1-2H3;1H2,2H3;2*2H,1H3;;/q-3;;-1;;-1;;;2*+1/b24-6+;;;;;;;;. The van der Waals surface area contributed by atoms with E-state index in [0.29, 0.717) is 52.0 Å². The van der Waals surface area contributed by atoms with Crippen molar-refractivity contribution in [2.45, 2.75) is 73.1 Å². The molecule has 1 aromatic rings. The Morgan fingerprint density at radius 3 is 1.92 bits per heavy atom. The van der Waals surface area contributed by atoms with E-state index in [1.165, 1.54) is 18.6 Å². The number of amides is 3. The molecule has 0 saturated carbocycles. The zero-order chi connectivity index (χ0) is 47.5. The summed E-state index contributed by atoms with van der Waals surface area (Å²) in [6.07, 6.45) is 4.04. The maximum atomic E-state index is 13.5. The third kappa shape index (κ3) is 32.8. The summed E-state index contributed by atoms with van der Waals surface area (Å²) in [5.74, 6) is -4.68. The number of aliphatic hydroxyl groups is 2. The van der Waals surface area contributed by atoms with Crippen molar-refractivity contribution < 1.29 is 157 Å². The largest absolute Gasteiger partial charge is 1.00 e. The van der Waals surface area contributed by atoms with Gasteiger partial charge in [-0.2, -0.15) is 21.4 Å². The van der Waals surface area contributed by atoms with Gasteiger partial charge >= 0.3 is 113 Å². The van der Waals surface area contributed by atoms with Gasteiger partial charge in [0.2, 0.25) is 17.7 Å². The summed E-state index contributed by atoms with van der Waals surface area (Å²) in [6.45, 7) is 25.0. The summed E-state index contributed by atoms with van der Waals surface area (Å²) in [5.41, 5.74) is 0.268. The minimum absolute atomic E-state index is 0. The first-order valence-electron chi connectivity index (χ1n) is 19.7. The third-order valence-corrected chi connectivity index (χ3v) is 8.12. The smallest absolute Gasteiger partial charge is 0.451 e. The third-order valence-electron chi connectivity index (χ3n) is 7.75. The molecule has 15 nitrogen and oxygen atoms in total. The maximum absolute atomic E-state index is 13.5. The average molecular weight is 960 g/mol. The first-order valence-corrected chi connectivity index (χ1v) is 21.0. The zero-order valence-corrected chi connectivity index (χ0v) is 46.3. The van der Waals surface area contributed by atoms with Gasteiger partial charge < -0.3 is 58.0 Å². The monoisotopic (exact) mass is 959 g/mol. The number of alkyl halides is 2. The molecule has 2 heterocycles. The van der Waals surface area contributed by atoms with Gasteiger partial charge in [-0.15, -0.1) is 23.8 Å². The molecule has 352 valence electrons. The zero-order valence-electron chi connectivity index (χ0n) is 39.3. The second kappa shape index (κ2) is 44.1. The van der Waals surface area contributed by atoms with Crippen LogP contribution in [0.25, 0.3) is 5.57 Å². The number of piperazine rings is 1. The van der Waals surface area contributed by atoms with E-state index in [2.05, 4.69) is 62.1 Å². The number of aldehydes is 1. The van der Waals surface area contributed by atoms with Gasteiger partial charge in [0.05, 0.1) is 25.4 Å². The van der Waals surface area contributed by atoms with Gasteiger partial charge in [0.15, 0.2) is 0 Å². The molecule has 2 aliphatic heterocycles. The van der Waals surface area contributed by atoms with Gasteiger partial charge in [-0.25, -0.2) is 15.7 Å². The van der Waals surface area contributed by atoms with Crippen LogP contribution in [0.4, 0.5) is 18.4 Å². The SMILES string of the molecule is CC.CCC.CO.CO.[CH2-]/C=C(/C(=O)NCC(=O)N1CCC(F)(F)C1)c1[c-]cc(OS(=O)(=O)F)c(N(C)CCCN2CCN(C(=O)CN([CH2-])CCC)CC2)c1.[CH2-]C.[CH2-]C=O.[K+].[K+]. The first-order chi connectivity index (χ1) is 28.4. The van der Waals surface area contributed by atoms with Crippen molar-refractivity contribution >= 4 is 45.8 Å².